The Balaban J connectivity index is 3.09. The maximum absolute atomic E-state index is 12.0. The van der Waals surface area contributed by atoms with Gasteiger partial charge in [-0.2, -0.15) is 4.72 Å². The topological polar surface area (TPSA) is 83.5 Å². The van der Waals surface area contributed by atoms with Crippen molar-refractivity contribution in [3.8, 4) is 0 Å². The van der Waals surface area contributed by atoms with E-state index < -0.39 is 21.5 Å². The van der Waals surface area contributed by atoms with Gasteiger partial charge in [0.05, 0.1) is 4.90 Å². The van der Waals surface area contributed by atoms with Crippen LogP contribution < -0.4 is 4.72 Å². The van der Waals surface area contributed by atoms with E-state index in [9.17, 15) is 13.2 Å². The average Bonchev–Trinajstić information content (AvgIpc) is 2.28. The molecule has 0 saturated heterocycles. The summed E-state index contributed by atoms with van der Waals surface area (Å²) in [6.45, 7) is 2.92. The summed E-state index contributed by atoms with van der Waals surface area (Å²) in [5.41, 5.74) is -1.53. The van der Waals surface area contributed by atoms with Gasteiger partial charge < -0.3 is 5.11 Å². The molecule has 0 aliphatic rings. The van der Waals surface area contributed by atoms with Gasteiger partial charge in [-0.05, 0) is 37.6 Å². The quantitative estimate of drug-likeness (QED) is 0.867. The lowest BCUT2D eigenvalue weighted by atomic mass is 10.0. The van der Waals surface area contributed by atoms with Gasteiger partial charge in [-0.25, -0.2) is 8.42 Å². The van der Waals surface area contributed by atoms with Gasteiger partial charge in [0, 0.05) is 5.02 Å². The van der Waals surface area contributed by atoms with Crippen LogP contribution in [0.5, 0.6) is 0 Å². The lowest BCUT2D eigenvalue weighted by molar-refractivity contribution is -0.143. The molecule has 0 saturated carbocycles. The van der Waals surface area contributed by atoms with Crippen LogP contribution in [-0.4, -0.2) is 25.0 Å². The maximum atomic E-state index is 12.0. The molecule has 0 aliphatic heterocycles. The van der Waals surface area contributed by atoms with Gasteiger partial charge in [0.25, 0.3) is 0 Å². The third-order valence-corrected chi connectivity index (χ3v) is 4.53. The number of hydrogen-bond donors (Lipinski definition) is 2. The first-order valence-electron chi connectivity index (χ1n) is 5.24. The molecule has 0 bridgehead atoms. The van der Waals surface area contributed by atoms with E-state index in [2.05, 4.69) is 4.72 Å². The molecule has 0 amide bonds. The Hall–Kier alpha value is -1.11. The van der Waals surface area contributed by atoms with Crippen LogP contribution in [0.15, 0.2) is 29.2 Å². The molecule has 0 aliphatic carbocycles. The Morgan fingerprint density at radius 1 is 1.39 bits per heavy atom. The van der Waals surface area contributed by atoms with E-state index in [1.165, 1.54) is 31.2 Å². The van der Waals surface area contributed by atoms with Gasteiger partial charge in [0.1, 0.15) is 5.54 Å². The highest BCUT2D eigenvalue weighted by Gasteiger charge is 2.36. The molecule has 1 aromatic rings. The minimum absolute atomic E-state index is 0.0205. The molecule has 7 heteroatoms. The molecule has 1 aromatic carbocycles. The summed E-state index contributed by atoms with van der Waals surface area (Å²) in [5, 5.41) is 9.45. The molecule has 1 rings (SSSR count). The number of aliphatic carboxylic acids is 1. The zero-order valence-corrected chi connectivity index (χ0v) is 11.5. The van der Waals surface area contributed by atoms with E-state index in [0.717, 1.165) is 0 Å². The summed E-state index contributed by atoms with van der Waals surface area (Å²) in [6.07, 6.45) is 0.134. The molecule has 18 heavy (non-hydrogen) atoms. The van der Waals surface area contributed by atoms with Crippen molar-refractivity contribution in [3.63, 3.8) is 0 Å². The van der Waals surface area contributed by atoms with Crippen LogP contribution in [0.4, 0.5) is 0 Å². The van der Waals surface area contributed by atoms with Crippen molar-refractivity contribution in [2.45, 2.75) is 30.7 Å². The van der Waals surface area contributed by atoms with Crippen molar-refractivity contribution in [1.82, 2.24) is 4.72 Å². The van der Waals surface area contributed by atoms with Gasteiger partial charge in [0.15, 0.2) is 0 Å². The van der Waals surface area contributed by atoms with Crippen LogP contribution in [0, 0.1) is 0 Å². The number of sulfonamides is 1. The minimum atomic E-state index is -3.88. The third kappa shape index (κ3) is 3.22. The second kappa shape index (κ2) is 5.26. The van der Waals surface area contributed by atoms with Gasteiger partial charge >= 0.3 is 5.97 Å². The van der Waals surface area contributed by atoms with Crippen LogP contribution >= 0.6 is 11.6 Å². The average molecular weight is 292 g/mol. The Morgan fingerprint density at radius 2 is 1.89 bits per heavy atom. The molecule has 0 aromatic heterocycles. The first kappa shape index (κ1) is 14.9. The van der Waals surface area contributed by atoms with E-state index >= 15 is 0 Å². The first-order valence-corrected chi connectivity index (χ1v) is 7.10. The fraction of sp³-hybridized carbons (Fsp3) is 0.364. The Morgan fingerprint density at radius 3 is 2.28 bits per heavy atom. The highest BCUT2D eigenvalue weighted by Crippen LogP contribution is 2.18. The van der Waals surface area contributed by atoms with Crippen molar-refractivity contribution < 1.29 is 18.3 Å². The zero-order chi connectivity index (χ0) is 14.0. The molecule has 0 radical (unpaired) electrons. The number of benzene rings is 1. The number of rotatable bonds is 5. The Kier molecular flexibility index (Phi) is 4.37. The number of carbonyl (C=O) groups is 1. The van der Waals surface area contributed by atoms with E-state index in [4.69, 9.17) is 16.7 Å². The number of halogens is 1. The van der Waals surface area contributed by atoms with Gasteiger partial charge in [-0.3, -0.25) is 4.79 Å². The molecule has 0 heterocycles. The summed E-state index contributed by atoms with van der Waals surface area (Å²) >= 11 is 5.66. The minimum Gasteiger partial charge on any atom is -0.480 e. The Labute approximate surface area is 111 Å². The second-order valence-corrected chi connectivity index (χ2v) is 6.17. The summed E-state index contributed by atoms with van der Waals surface area (Å²) in [6, 6.07) is 5.51. The van der Waals surface area contributed by atoms with Crippen LogP contribution in [0.25, 0.3) is 0 Å². The number of carboxylic acids is 1. The van der Waals surface area contributed by atoms with Crippen LogP contribution in [0.2, 0.25) is 5.02 Å². The number of nitrogens with one attached hydrogen (secondary N) is 1. The highest BCUT2D eigenvalue weighted by atomic mass is 35.5. The fourth-order valence-corrected chi connectivity index (χ4v) is 2.80. The fourth-order valence-electron chi connectivity index (χ4n) is 1.24. The summed E-state index contributed by atoms with van der Waals surface area (Å²) in [4.78, 5) is 11.0. The van der Waals surface area contributed by atoms with Crippen molar-refractivity contribution in [2.75, 3.05) is 0 Å². The monoisotopic (exact) mass is 291 g/mol. The van der Waals surface area contributed by atoms with Crippen LogP contribution in [0.1, 0.15) is 20.3 Å². The molecule has 1 unspecified atom stereocenters. The van der Waals surface area contributed by atoms with Crippen molar-refractivity contribution in [3.05, 3.63) is 29.3 Å². The summed E-state index contributed by atoms with van der Waals surface area (Å²) in [7, 11) is -3.88. The van der Waals surface area contributed by atoms with E-state index in [1.54, 1.807) is 6.92 Å². The second-order valence-electron chi connectivity index (χ2n) is 4.05. The van der Waals surface area contributed by atoms with E-state index in [1.807, 2.05) is 0 Å². The molecular formula is C11H14ClNO4S. The third-order valence-electron chi connectivity index (χ3n) is 2.66. The Bertz CT molecular complexity index is 541. The van der Waals surface area contributed by atoms with Crippen molar-refractivity contribution in [2.24, 2.45) is 0 Å². The maximum Gasteiger partial charge on any atom is 0.324 e. The first-order chi connectivity index (χ1) is 8.21. The molecular weight excluding hydrogens is 278 g/mol. The molecule has 2 N–H and O–H groups in total. The highest BCUT2D eigenvalue weighted by molar-refractivity contribution is 7.89. The van der Waals surface area contributed by atoms with Crippen LogP contribution in [0.3, 0.4) is 0 Å². The molecule has 1 atom stereocenters. The summed E-state index contributed by atoms with van der Waals surface area (Å²) < 4.78 is 26.2. The predicted octanol–water partition coefficient (Wildman–Crippen LogP) is 1.87. The SMILES string of the molecule is CCC(C)(NS(=O)(=O)c1ccc(Cl)cc1)C(=O)O. The van der Waals surface area contributed by atoms with Crippen LogP contribution in [-0.2, 0) is 14.8 Å². The van der Waals surface area contributed by atoms with Gasteiger partial charge in [0.2, 0.25) is 10.0 Å². The lowest BCUT2D eigenvalue weighted by Gasteiger charge is -2.24. The largest absolute Gasteiger partial charge is 0.480 e. The molecule has 0 fully saturated rings. The lowest BCUT2D eigenvalue weighted by Crippen LogP contribution is -2.51. The van der Waals surface area contributed by atoms with Gasteiger partial charge in [-0.1, -0.05) is 18.5 Å². The molecule has 100 valence electrons. The normalized spacial score (nSPS) is 15.1. The number of carboxylic acid groups (broad SMARTS) is 1. The standard InChI is InChI=1S/C11H14ClNO4S/c1-3-11(2,10(14)15)13-18(16,17)9-6-4-8(12)5-7-9/h4-7,13H,3H2,1-2H3,(H,14,15). The van der Waals surface area contributed by atoms with E-state index in [0.29, 0.717) is 5.02 Å². The van der Waals surface area contributed by atoms with E-state index in [-0.39, 0.29) is 11.3 Å². The smallest absolute Gasteiger partial charge is 0.324 e. The summed E-state index contributed by atoms with van der Waals surface area (Å²) in [5.74, 6) is -1.22. The molecule has 5 nitrogen and oxygen atoms in total. The van der Waals surface area contributed by atoms with Crippen molar-refractivity contribution >= 4 is 27.6 Å². The molecule has 0 spiro atoms. The predicted molar refractivity (Wildman–Crippen MR) is 68.1 cm³/mol. The number of hydrogen-bond acceptors (Lipinski definition) is 3. The zero-order valence-electron chi connectivity index (χ0n) is 9.97. The van der Waals surface area contributed by atoms with Crippen molar-refractivity contribution in [1.29, 1.82) is 0 Å². The van der Waals surface area contributed by atoms with Gasteiger partial charge in [-0.15, -0.1) is 0 Å².